The summed E-state index contributed by atoms with van der Waals surface area (Å²) < 4.78 is 1.13. The Bertz CT molecular complexity index is 1180. The molecule has 3 heteroatoms. The van der Waals surface area contributed by atoms with Gasteiger partial charge >= 0.3 is 0 Å². The number of hydrogen-bond acceptors (Lipinski definition) is 1. The van der Waals surface area contributed by atoms with Gasteiger partial charge in [0.05, 0.1) is 20.1 Å². The van der Waals surface area contributed by atoms with Gasteiger partial charge in [0.2, 0.25) is 0 Å². The largest absolute Gasteiger partial charge is 0.322 e. The molecule has 1 heterocycles. The zero-order valence-electron chi connectivity index (χ0n) is 19.7. The molecule has 3 aromatic carbocycles. The minimum atomic E-state index is -0.00846. The van der Waals surface area contributed by atoms with Crippen molar-refractivity contribution in [2.75, 3.05) is 25.5 Å². The summed E-state index contributed by atoms with van der Waals surface area (Å²) in [7, 11) is 2.36. The van der Waals surface area contributed by atoms with E-state index >= 15 is 0 Å². The first-order chi connectivity index (χ1) is 16.0. The number of quaternary nitrogens is 1. The van der Waals surface area contributed by atoms with E-state index in [2.05, 4.69) is 73.9 Å². The predicted molar refractivity (Wildman–Crippen MR) is 137 cm³/mol. The van der Waals surface area contributed by atoms with Crippen molar-refractivity contribution in [3.05, 3.63) is 94.6 Å². The highest BCUT2D eigenvalue weighted by atomic mass is 16.1. The average molecular weight is 438 g/mol. The average Bonchev–Trinajstić information content (AvgIpc) is 3.25. The SMILES string of the molecule is Cc1ccc(-c2ccc3c(c2)C=C(C(=O)Nc2ccc(C[N+]4(C)CCCCC4)cc2)C3)cc1. The van der Waals surface area contributed by atoms with Crippen molar-refractivity contribution < 1.29 is 9.28 Å². The minimum Gasteiger partial charge on any atom is -0.322 e. The lowest BCUT2D eigenvalue weighted by molar-refractivity contribution is -0.926. The van der Waals surface area contributed by atoms with Crippen molar-refractivity contribution >= 4 is 17.7 Å². The molecule has 1 N–H and O–H groups in total. The fourth-order valence-corrected chi connectivity index (χ4v) is 5.18. The monoisotopic (exact) mass is 437 g/mol. The second-order valence-corrected chi connectivity index (χ2v) is 10.1. The molecule has 0 unspecified atom stereocenters. The van der Waals surface area contributed by atoms with Crippen LogP contribution in [0.5, 0.6) is 0 Å². The molecule has 3 aromatic rings. The molecule has 1 fully saturated rings. The van der Waals surface area contributed by atoms with Gasteiger partial charge in [0.1, 0.15) is 6.54 Å². The summed E-state index contributed by atoms with van der Waals surface area (Å²) in [5.74, 6) is -0.00846. The molecule has 0 radical (unpaired) electrons. The first-order valence-electron chi connectivity index (χ1n) is 12.1. The van der Waals surface area contributed by atoms with E-state index in [1.165, 1.54) is 60.2 Å². The van der Waals surface area contributed by atoms with Crippen LogP contribution in [0.3, 0.4) is 0 Å². The molecule has 0 spiro atoms. The van der Waals surface area contributed by atoms with Gasteiger partial charge < -0.3 is 9.80 Å². The number of amides is 1. The van der Waals surface area contributed by atoms with Gasteiger partial charge in [0, 0.05) is 23.2 Å². The van der Waals surface area contributed by atoms with Crippen molar-refractivity contribution in [2.24, 2.45) is 0 Å². The number of likely N-dealkylation sites (tertiary alicyclic amines) is 1. The Morgan fingerprint density at radius 3 is 2.30 bits per heavy atom. The molecule has 33 heavy (non-hydrogen) atoms. The summed E-state index contributed by atoms with van der Waals surface area (Å²) in [5.41, 5.74) is 9.03. The first kappa shape index (κ1) is 21.7. The molecule has 168 valence electrons. The molecule has 1 saturated heterocycles. The van der Waals surface area contributed by atoms with E-state index in [1.807, 2.05) is 18.2 Å². The molecule has 1 aliphatic carbocycles. The Morgan fingerprint density at radius 1 is 0.879 bits per heavy atom. The summed E-state index contributed by atoms with van der Waals surface area (Å²) in [6.07, 6.45) is 6.75. The molecule has 2 aliphatic rings. The second kappa shape index (κ2) is 8.99. The summed E-state index contributed by atoms with van der Waals surface area (Å²) in [6, 6.07) is 23.5. The maximum absolute atomic E-state index is 12.9. The molecule has 0 bridgehead atoms. The fraction of sp³-hybridized carbons (Fsp3) is 0.300. The summed E-state index contributed by atoms with van der Waals surface area (Å²) in [6.45, 7) is 5.69. The number of benzene rings is 3. The summed E-state index contributed by atoms with van der Waals surface area (Å²) in [4.78, 5) is 12.9. The maximum Gasteiger partial charge on any atom is 0.251 e. The molecule has 1 amide bonds. The number of carbonyl (C=O) groups is 1. The smallest absolute Gasteiger partial charge is 0.251 e. The number of hydrogen-bond donors (Lipinski definition) is 1. The molecule has 3 nitrogen and oxygen atoms in total. The van der Waals surface area contributed by atoms with Crippen molar-refractivity contribution in [1.82, 2.24) is 0 Å². The minimum absolute atomic E-state index is 0.00846. The zero-order chi connectivity index (χ0) is 22.8. The van der Waals surface area contributed by atoms with Gasteiger partial charge in [-0.2, -0.15) is 0 Å². The van der Waals surface area contributed by atoms with Gasteiger partial charge in [0.25, 0.3) is 5.91 Å². The highest BCUT2D eigenvalue weighted by Gasteiger charge is 2.25. The molecule has 0 atom stereocenters. The zero-order valence-corrected chi connectivity index (χ0v) is 19.7. The van der Waals surface area contributed by atoms with Crippen LogP contribution in [0.15, 0.2) is 72.3 Å². The number of fused-ring (bicyclic) bond motifs is 1. The number of anilines is 1. The lowest BCUT2D eigenvalue weighted by Crippen LogP contribution is -2.46. The fourth-order valence-electron chi connectivity index (χ4n) is 5.18. The number of nitrogens with one attached hydrogen (secondary N) is 1. The Labute approximate surface area is 197 Å². The van der Waals surface area contributed by atoms with E-state index in [0.29, 0.717) is 6.42 Å². The summed E-state index contributed by atoms with van der Waals surface area (Å²) >= 11 is 0. The molecule has 5 rings (SSSR count). The first-order valence-corrected chi connectivity index (χ1v) is 12.1. The van der Waals surface area contributed by atoms with Crippen molar-refractivity contribution in [3.63, 3.8) is 0 Å². The van der Waals surface area contributed by atoms with Gasteiger partial charge in [-0.25, -0.2) is 0 Å². The summed E-state index contributed by atoms with van der Waals surface area (Å²) in [5, 5.41) is 3.10. The predicted octanol–water partition coefficient (Wildman–Crippen LogP) is 6.37. The highest BCUT2D eigenvalue weighted by Crippen LogP contribution is 2.31. The lowest BCUT2D eigenvalue weighted by atomic mass is 10.00. The molecular formula is C30H33N2O+. The van der Waals surface area contributed by atoms with E-state index in [1.54, 1.807) is 0 Å². The van der Waals surface area contributed by atoms with E-state index in [0.717, 1.165) is 27.9 Å². The Morgan fingerprint density at radius 2 is 1.58 bits per heavy atom. The van der Waals surface area contributed by atoms with E-state index in [9.17, 15) is 4.79 Å². The van der Waals surface area contributed by atoms with Crippen LogP contribution in [0, 0.1) is 6.92 Å². The Balaban J connectivity index is 1.24. The third kappa shape index (κ3) is 4.94. The van der Waals surface area contributed by atoms with Crippen LogP contribution >= 0.6 is 0 Å². The van der Waals surface area contributed by atoms with Crippen LogP contribution in [-0.2, 0) is 17.8 Å². The third-order valence-corrected chi connectivity index (χ3v) is 7.21. The quantitative estimate of drug-likeness (QED) is 0.462. The van der Waals surface area contributed by atoms with Gasteiger partial charge in [-0.1, -0.05) is 54.1 Å². The molecule has 1 aliphatic heterocycles. The van der Waals surface area contributed by atoms with Crippen molar-refractivity contribution in [2.45, 2.75) is 39.2 Å². The Hall–Kier alpha value is -3.17. The van der Waals surface area contributed by atoms with Crippen LogP contribution in [0.1, 0.15) is 41.5 Å². The maximum atomic E-state index is 12.9. The van der Waals surface area contributed by atoms with Crippen LogP contribution in [-0.4, -0.2) is 30.5 Å². The topological polar surface area (TPSA) is 29.1 Å². The van der Waals surface area contributed by atoms with Gasteiger partial charge in [-0.15, -0.1) is 0 Å². The van der Waals surface area contributed by atoms with Crippen molar-refractivity contribution in [1.29, 1.82) is 0 Å². The van der Waals surface area contributed by atoms with E-state index in [-0.39, 0.29) is 5.91 Å². The van der Waals surface area contributed by atoms with Crippen LogP contribution in [0.25, 0.3) is 17.2 Å². The molecule has 0 aromatic heterocycles. The van der Waals surface area contributed by atoms with E-state index < -0.39 is 0 Å². The normalized spacial score (nSPS) is 16.7. The van der Waals surface area contributed by atoms with Gasteiger partial charge in [-0.3, -0.25) is 4.79 Å². The Kier molecular flexibility index (Phi) is 5.90. The second-order valence-electron chi connectivity index (χ2n) is 10.1. The third-order valence-electron chi connectivity index (χ3n) is 7.21. The standard InChI is InChI=1S/C30H32N2O/c1-22-6-10-24(11-7-22)25-12-13-26-19-28(20-27(26)18-25)30(33)31-29-14-8-23(9-15-29)21-32(2)16-4-3-5-17-32/h6-15,18,20H,3-5,16-17,19,21H2,1-2H3/p+1. The van der Waals surface area contributed by atoms with Gasteiger partial charge in [0.15, 0.2) is 0 Å². The van der Waals surface area contributed by atoms with E-state index in [4.69, 9.17) is 0 Å². The molecular weight excluding hydrogens is 404 g/mol. The van der Waals surface area contributed by atoms with Crippen LogP contribution in [0.4, 0.5) is 5.69 Å². The number of nitrogens with zero attached hydrogens (tertiary/aromatic N) is 1. The lowest BCUT2D eigenvalue weighted by Gasteiger charge is -2.37. The number of piperidine rings is 1. The highest BCUT2D eigenvalue weighted by molar-refractivity contribution is 6.08. The van der Waals surface area contributed by atoms with Crippen molar-refractivity contribution in [3.8, 4) is 11.1 Å². The number of carbonyl (C=O) groups excluding carboxylic acids is 1. The van der Waals surface area contributed by atoms with Crippen LogP contribution in [0.2, 0.25) is 0 Å². The number of rotatable bonds is 5. The van der Waals surface area contributed by atoms with Gasteiger partial charge in [-0.05, 0) is 72.7 Å². The number of aryl methyl sites for hydroxylation is 1. The van der Waals surface area contributed by atoms with Crippen LogP contribution < -0.4 is 5.32 Å². The molecule has 0 saturated carbocycles.